The zero-order chi connectivity index (χ0) is 15.2. The molecule has 0 aliphatic carbocycles. The van der Waals surface area contributed by atoms with Crippen LogP contribution in [0.15, 0.2) is 52.8 Å². The van der Waals surface area contributed by atoms with Gasteiger partial charge in [0.2, 0.25) is 0 Å². The molecule has 2 aromatic rings. The fourth-order valence-corrected chi connectivity index (χ4v) is 3.70. The van der Waals surface area contributed by atoms with E-state index in [4.69, 9.17) is 0 Å². The van der Waals surface area contributed by atoms with Crippen LogP contribution in [0.2, 0.25) is 0 Å². The molecule has 2 aromatic heterocycles. The first kappa shape index (κ1) is 15.2. The zero-order valence-electron chi connectivity index (χ0n) is 11.9. The molecule has 0 saturated carbocycles. The van der Waals surface area contributed by atoms with Crippen molar-refractivity contribution in [2.45, 2.75) is 10.1 Å². The normalized spacial score (nSPS) is 14.6. The largest absolute Gasteiger partial charge is 0.323 e. The second-order valence-corrected chi connectivity index (χ2v) is 6.95. The zero-order valence-corrected chi connectivity index (χ0v) is 13.6. The highest BCUT2D eigenvalue weighted by Crippen LogP contribution is 2.25. The summed E-state index contributed by atoms with van der Waals surface area (Å²) in [4.78, 5) is 22.6. The van der Waals surface area contributed by atoms with E-state index < -0.39 is 0 Å². The van der Waals surface area contributed by atoms with Crippen LogP contribution in [-0.4, -0.2) is 45.5 Å². The Bertz CT molecular complexity index is 632. The molecular formula is C15H16N4OS2. The smallest absolute Gasteiger partial charge is 0.321 e. The maximum absolute atomic E-state index is 12.2. The third-order valence-corrected chi connectivity index (χ3v) is 4.96. The predicted octanol–water partition coefficient (Wildman–Crippen LogP) is 3.21. The summed E-state index contributed by atoms with van der Waals surface area (Å²) < 4.78 is 0. The van der Waals surface area contributed by atoms with E-state index in [1.54, 1.807) is 18.5 Å². The summed E-state index contributed by atoms with van der Waals surface area (Å²) in [5.41, 5.74) is 0.761. The SMILES string of the molecule is O=C(Nc1ccnc(Sc2ccccn2)c1)N1CCSCC1. The fourth-order valence-electron chi connectivity index (χ4n) is 2.03. The highest BCUT2D eigenvalue weighted by atomic mass is 32.2. The van der Waals surface area contributed by atoms with Crippen LogP contribution in [0.25, 0.3) is 0 Å². The molecule has 0 unspecified atom stereocenters. The lowest BCUT2D eigenvalue weighted by atomic mass is 10.4. The van der Waals surface area contributed by atoms with Crippen molar-refractivity contribution in [2.24, 2.45) is 0 Å². The van der Waals surface area contributed by atoms with Crippen LogP contribution >= 0.6 is 23.5 Å². The minimum atomic E-state index is -0.0414. The van der Waals surface area contributed by atoms with Gasteiger partial charge in [-0.3, -0.25) is 0 Å². The Balaban J connectivity index is 1.64. The molecule has 22 heavy (non-hydrogen) atoms. The topological polar surface area (TPSA) is 58.1 Å². The molecule has 0 aromatic carbocycles. The second-order valence-electron chi connectivity index (χ2n) is 4.68. The number of carbonyl (C=O) groups excluding carboxylic acids is 1. The first-order valence-corrected chi connectivity index (χ1v) is 8.97. The molecule has 0 bridgehead atoms. The average Bonchev–Trinajstić information content (AvgIpc) is 2.57. The van der Waals surface area contributed by atoms with Crippen molar-refractivity contribution in [1.29, 1.82) is 0 Å². The molecule has 0 atom stereocenters. The third kappa shape index (κ3) is 4.14. The second kappa shape index (κ2) is 7.51. The van der Waals surface area contributed by atoms with Crippen molar-refractivity contribution < 1.29 is 4.79 Å². The van der Waals surface area contributed by atoms with Crippen LogP contribution in [-0.2, 0) is 0 Å². The summed E-state index contributed by atoms with van der Waals surface area (Å²) >= 11 is 3.36. The number of hydrogen-bond acceptors (Lipinski definition) is 5. The monoisotopic (exact) mass is 332 g/mol. The molecule has 1 aliphatic heterocycles. The van der Waals surface area contributed by atoms with E-state index in [0.717, 1.165) is 40.3 Å². The fraction of sp³-hybridized carbons (Fsp3) is 0.267. The summed E-state index contributed by atoms with van der Waals surface area (Å²) in [6, 6.07) is 9.39. The lowest BCUT2D eigenvalue weighted by molar-refractivity contribution is 0.217. The van der Waals surface area contributed by atoms with Crippen LogP contribution in [0, 0.1) is 0 Å². The lowest BCUT2D eigenvalue weighted by Gasteiger charge is -2.26. The number of nitrogens with zero attached hydrogens (tertiary/aromatic N) is 3. The number of urea groups is 1. The van der Waals surface area contributed by atoms with Gasteiger partial charge in [-0.25, -0.2) is 14.8 Å². The summed E-state index contributed by atoms with van der Waals surface area (Å²) in [7, 11) is 0. The number of carbonyl (C=O) groups is 1. The van der Waals surface area contributed by atoms with Crippen molar-refractivity contribution in [1.82, 2.24) is 14.9 Å². The van der Waals surface area contributed by atoms with E-state index in [2.05, 4.69) is 15.3 Å². The maximum atomic E-state index is 12.2. The van der Waals surface area contributed by atoms with Crippen molar-refractivity contribution in [2.75, 3.05) is 29.9 Å². The molecule has 1 saturated heterocycles. The molecular weight excluding hydrogens is 316 g/mol. The Morgan fingerprint density at radius 2 is 1.95 bits per heavy atom. The van der Waals surface area contributed by atoms with Crippen molar-refractivity contribution >= 4 is 35.2 Å². The van der Waals surface area contributed by atoms with Gasteiger partial charge >= 0.3 is 6.03 Å². The molecule has 3 heterocycles. The van der Waals surface area contributed by atoms with Gasteiger partial charge in [0.05, 0.1) is 0 Å². The summed E-state index contributed by atoms with van der Waals surface area (Å²) in [6.45, 7) is 1.61. The molecule has 1 fully saturated rings. The van der Waals surface area contributed by atoms with Gasteiger partial charge in [0.15, 0.2) is 0 Å². The molecule has 7 heteroatoms. The first-order valence-electron chi connectivity index (χ1n) is 7.00. The summed E-state index contributed by atoms with van der Waals surface area (Å²) in [5.74, 6) is 2.01. The van der Waals surface area contributed by atoms with Crippen LogP contribution in [0.4, 0.5) is 10.5 Å². The van der Waals surface area contributed by atoms with Crippen LogP contribution in [0.1, 0.15) is 0 Å². The van der Waals surface area contributed by atoms with Gasteiger partial charge in [-0.2, -0.15) is 11.8 Å². The maximum Gasteiger partial charge on any atom is 0.321 e. The molecule has 2 amide bonds. The Morgan fingerprint density at radius 1 is 1.14 bits per heavy atom. The van der Waals surface area contributed by atoms with Gasteiger partial charge in [-0.05, 0) is 24.3 Å². The predicted molar refractivity (Wildman–Crippen MR) is 90.5 cm³/mol. The first-order chi connectivity index (χ1) is 10.8. The van der Waals surface area contributed by atoms with E-state index in [1.807, 2.05) is 40.9 Å². The van der Waals surface area contributed by atoms with E-state index in [-0.39, 0.29) is 6.03 Å². The molecule has 0 radical (unpaired) electrons. The van der Waals surface area contributed by atoms with Crippen molar-refractivity contribution in [3.8, 4) is 0 Å². The Labute approximate surface area is 137 Å². The van der Waals surface area contributed by atoms with Gasteiger partial charge in [0, 0.05) is 42.7 Å². The third-order valence-electron chi connectivity index (χ3n) is 3.13. The molecule has 3 rings (SSSR count). The molecule has 0 spiro atoms. The summed E-state index contributed by atoms with van der Waals surface area (Å²) in [6.07, 6.45) is 3.45. The number of pyridine rings is 2. The number of aromatic nitrogens is 2. The highest BCUT2D eigenvalue weighted by Gasteiger charge is 2.16. The van der Waals surface area contributed by atoms with Crippen molar-refractivity contribution in [3.05, 3.63) is 42.7 Å². The van der Waals surface area contributed by atoms with Crippen molar-refractivity contribution in [3.63, 3.8) is 0 Å². The number of nitrogens with one attached hydrogen (secondary N) is 1. The quantitative estimate of drug-likeness (QED) is 0.935. The lowest BCUT2D eigenvalue weighted by Crippen LogP contribution is -2.40. The molecule has 1 N–H and O–H groups in total. The molecule has 5 nitrogen and oxygen atoms in total. The van der Waals surface area contributed by atoms with E-state index >= 15 is 0 Å². The van der Waals surface area contributed by atoms with Crippen LogP contribution < -0.4 is 5.32 Å². The van der Waals surface area contributed by atoms with E-state index in [0.29, 0.717) is 0 Å². The van der Waals surface area contributed by atoms with Gasteiger partial charge < -0.3 is 10.2 Å². The average molecular weight is 332 g/mol. The minimum Gasteiger partial charge on any atom is -0.323 e. The number of thioether (sulfide) groups is 1. The van der Waals surface area contributed by atoms with Gasteiger partial charge in [0.1, 0.15) is 10.1 Å². The Kier molecular flexibility index (Phi) is 5.18. The summed E-state index contributed by atoms with van der Waals surface area (Å²) in [5, 5.41) is 4.63. The number of anilines is 1. The molecule has 1 aliphatic rings. The standard InChI is InChI=1S/C15H16N4OS2/c20-15(19-7-9-21-10-8-19)18-12-4-6-17-14(11-12)22-13-3-1-2-5-16-13/h1-6,11H,7-10H2,(H,17,18,20). The number of amides is 2. The highest BCUT2D eigenvalue weighted by molar-refractivity contribution is 7.99. The number of rotatable bonds is 3. The van der Waals surface area contributed by atoms with Gasteiger partial charge in [0.25, 0.3) is 0 Å². The Morgan fingerprint density at radius 3 is 2.73 bits per heavy atom. The van der Waals surface area contributed by atoms with Crippen LogP contribution in [0.5, 0.6) is 0 Å². The van der Waals surface area contributed by atoms with Gasteiger partial charge in [-0.15, -0.1) is 0 Å². The van der Waals surface area contributed by atoms with Crippen LogP contribution in [0.3, 0.4) is 0 Å². The number of hydrogen-bond donors (Lipinski definition) is 1. The van der Waals surface area contributed by atoms with Gasteiger partial charge in [-0.1, -0.05) is 17.8 Å². The molecule has 114 valence electrons. The van der Waals surface area contributed by atoms with E-state index in [1.165, 1.54) is 11.8 Å². The van der Waals surface area contributed by atoms with E-state index in [9.17, 15) is 4.79 Å². The minimum absolute atomic E-state index is 0.0414. The Hall–Kier alpha value is -1.73.